The fourth-order valence-corrected chi connectivity index (χ4v) is 3.10. The van der Waals surface area contributed by atoms with Crippen LogP contribution in [0.4, 0.5) is 0 Å². The zero-order valence-electron chi connectivity index (χ0n) is 12.6. The third-order valence-electron chi connectivity index (χ3n) is 4.39. The van der Waals surface area contributed by atoms with Crippen LogP contribution >= 0.6 is 0 Å². The fraction of sp³-hybridized carbons (Fsp3) is 0.625. The summed E-state index contributed by atoms with van der Waals surface area (Å²) in [6.45, 7) is 4.28. The van der Waals surface area contributed by atoms with Crippen LogP contribution in [0.1, 0.15) is 24.4 Å². The van der Waals surface area contributed by atoms with Gasteiger partial charge in [-0.05, 0) is 49.5 Å². The molecule has 1 saturated heterocycles. The minimum atomic E-state index is 0.0125. The molecule has 2 heterocycles. The Morgan fingerprint density at radius 2 is 2.05 bits per heavy atom. The van der Waals surface area contributed by atoms with Gasteiger partial charge in [-0.25, -0.2) is 0 Å². The minimum absolute atomic E-state index is 0.0125. The maximum Gasteiger partial charge on any atom is 0.231 e. The fourth-order valence-electron chi connectivity index (χ4n) is 3.10. The van der Waals surface area contributed by atoms with E-state index < -0.39 is 0 Å². The lowest BCUT2D eigenvalue weighted by Gasteiger charge is -2.33. The van der Waals surface area contributed by atoms with Crippen molar-refractivity contribution in [3.8, 4) is 11.5 Å². The largest absolute Gasteiger partial charge is 0.454 e. The van der Waals surface area contributed by atoms with Crippen molar-refractivity contribution in [1.29, 1.82) is 0 Å². The summed E-state index contributed by atoms with van der Waals surface area (Å²) in [6.07, 6.45) is 2.39. The average molecular weight is 292 g/mol. The summed E-state index contributed by atoms with van der Waals surface area (Å²) in [4.78, 5) is 2.45. The van der Waals surface area contributed by atoms with Crippen molar-refractivity contribution < 1.29 is 14.2 Å². The topological polar surface area (TPSA) is 57.0 Å². The summed E-state index contributed by atoms with van der Waals surface area (Å²) in [5.41, 5.74) is 7.46. The van der Waals surface area contributed by atoms with Gasteiger partial charge in [0.05, 0.1) is 0 Å². The quantitative estimate of drug-likeness (QED) is 0.896. The van der Waals surface area contributed by atoms with Gasteiger partial charge in [0.15, 0.2) is 11.5 Å². The van der Waals surface area contributed by atoms with Gasteiger partial charge in [0.2, 0.25) is 6.79 Å². The number of nitrogens with zero attached hydrogens (tertiary/aromatic N) is 1. The maximum absolute atomic E-state index is 6.35. The predicted molar refractivity (Wildman–Crippen MR) is 80.5 cm³/mol. The van der Waals surface area contributed by atoms with Crippen LogP contribution in [0.2, 0.25) is 0 Å². The first-order valence-corrected chi connectivity index (χ1v) is 7.62. The zero-order valence-corrected chi connectivity index (χ0v) is 12.6. The maximum atomic E-state index is 6.35. The number of piperidine rings is 1. The molecule has 3 rings (SSSR count). The SMILES string of the molecule is COCC1CCN(CC(N)c2ccc3c(c2)OCO3)CC1. The molecule has 1 unspecified atom stereocenters. The summed E-state index contributed by atoms with van der Waals surface area (Å²) in [5.74, 6) is 2.32. The van der Waals surface area contributed by atoms with Crippen LogP contribution in [-0.4, -0.2) is 45.0 Å². The van der Waals surface area contributed by atoms with Crippen LogP contribution in [-0.2, 0) is 4.74 Å². The Balaban J connectivity index is 1.53. The zero-order chi connectivity index (χ0) is 14.7. The molecule has 5 nitrogen and oxygen atoms in total. The lowest BCUT2D eigenvalue weighted by atomic mass is 9.97. The number of likely N-dealkylation sites (tertiary alicyclic amines) is 1. The molecule has 2 aliphatic heterocycles. The van der Waals surface area contributed by atoms with Crippen LogP contribution in [0, 0.1) is 5.92 Å². The molecule has 21 heavy (non-hydrogen) atoms. The first-order chi connectivity index (χ1) is 10.3. The van der Waals surface area contributed by atoms with E-state index in [0.29, 0.717) is 12.7 Å². The van der Waals surface area contributed by atoms with Crippen LogP contribution in [0.3, 0.4) is 0 Å². The molecule has 0 aliphatic carbocycles. The number of methoxy groups -OCH3 is 1. The van der Waals surface area contributed by atoms with E-state index in [2.05, 4.69) is 4.90 Å². The van der Waals surface area contributed by atoms with Crippen LogP contribution in [0.5, 0.6) is 11.5 Å². The molecule has 116 valence electrons. The van der Waals surface area contributed by atoms with Gasteiger partial charge in [-0.1, -0.05) is 6.07 Å². The van der Waals surface area contributed by atoms with E-state index in [-0.39, 0.29) is 6.04 Å². The molecule has 1 atom stereocenters. The molecule has 0 bridgehead atoms. The lowest BCUT2D eigenvalue weighted by molar-refractivity contribution is 0.0971. The molecule has 0 radical (unpaired) electrons. The number of benzene rings is 1. The average Bonchev–Trinajstić information content (AvgIpc) is 2.97. The molecule has 2 aliphatic rings. The van der Waals surface area contributed by atoms with Crippen LogP contribution in [0.25, 0.3) is 0 Å². The van der Waals surface area contributed by atoms with Crippen molar-refractivity contribution in [3.05, 3.63) is 23.8 Å². The van der Waals surface area contributed by atoms with Crippen molar-refractivity contribution >= 4 is 0 Å². The Labute approximate surface area is 126 Å². The van der Waals surface area contributed by atoms with Crippen molar-refractivity contribution in [2.75, 3.05) is 40.1 Å². The van der Waals surface area contributed by atoms with Gasteiger partial charge in [0.1, 0.15) is 0 Å². The highest BCUT2D eigenvalue weighted by molar-refractivity contribution is 5.45. The smallest absolute Gasteiger partial charge is 0.231 e. The monoisotopic (exact) mass is 292 g/mol. The first kappa shape index (κ1) is 14.6. The lowest BCUT2D eigenvalue weighted by Crippen LogP contribution is -2.39. The van der Waals surface area contributed by atoms with Crippen LogP contribution < -0.4 is 15.2 Å². The number of ether oxygens (including phenoxy) is 3. The number of fused-ring (bicyclic) bond motifs is 1. The Morgan fingerprint density at radius 3 is 2.81 bits per heavy atom. The molecule has 0 spiro atoms. The third-order valence-corrected chi connectivity index (χ3v) is 4.39. The summed E-state index contributed by atoms with van der Waals surface area (Å²) >= 11 is 0. The molecular formula is C16H24N2O3. The molecule has 5 heteroatoms. The van der Waals surface area contributed by atoms with Gasteiger partial charge >= 0.3 is 0 Å². The summed E-state index contributed by atoms with van der Waals surface area (Å²) < 4.78 is 16.0. The summed E-state index contributed by atoms with van der Waals surface area (Å²) in [6, 6.07) is 6.00. The van der Waals surface area contributed by atoms with E-state index in [0.717, 1.165) is 43.3 Å². The van der Waals surface area contributed by atoms with Gasteiger partial charge in [0.25, 0.3) is 0 Å². The van der Waals surface area contributed by atoms with E-state index in [4.69, 9.17) is 19.9 Å². The molecule has 1 aromatic carbocycles. The highest BCUT2D eigenvalue weighted by Gasteiger charge is 2.22. The molecule has 0 saturated carbocycles. The Kier molecular flexibility index (Phi) is 4.63. The second-order valence-corrected chi connectivity index (χ2v) is 5.92. The number of rotatable bonds is 5. The molecule has 1 aromatic rings. The summed E-state index contributed by atoms with van der Waals surface area (Å²) in [5, 5.41) is 0. The van der Waals surface area contributed by atoms with E-state index in [1.807, 2.05) is 18.2 Å². The minimum Gasteiger partial charge on any atom is -0.454 e. The highest BCUT2D eigenvalue weighted by atomic mass is 16.7. The van der Waals surface area contributed by atoms with Crippen molar-refractivity contribution in [3.63, 3.8) is 0 Å². The van der Waals surface area contributed by atoms with Gasteiger partial charge in [-0.2, -0.15) is 0 Å². The molecule has 0 amide bonds. The molecule has 2 N–H and O–H groups in total. The van der Waals surface area contributed by atoms with Gasteiger partial charge in [0, 0.05) is 26.3 Å². The Hall–Kier alpha value is -1.30. The van der Waals surface area contributed by atoms with E-state index >= 15 is 0 Å². The summed E-state index contributed by atoms with van der Waals surface area (Å²) in [7, 11) is 1.78. The highest BCUT2D eigenvalue weighted by Crippen LogP contribution is 2.34. The second kappa shape index (κ2) is 6.64. The molecule has 0 aromatic heterocycles. The Morgan fingerprint density at radius 1 is 1.29 bits per heavy atom. The number of hydrogen-bond acceptors (Lipinski definition) is 5. The molecule has 1 fully saturated rings. The molecular weight excluding hydrogens is 268 g/mol. The van der Waals surface area contributed by atoms with E-state index in [1.54, 1.807) is 7.11 Å². The standard InChI is InChI=1S/C16H24N2O3/c1-19-10-12-4-6-18(7-5-12)9-14(17)13-2-3-15-16(8-13)21-11-20-15/h2-3,8,12,14H,4-7,9-11,17H2,1H3. The first-order valence-electron chi connectivity index (χ1n) is 7.62. The van der Waals surface area contributed by atoms with E-state index in [9.17, 15) is 0 Å². The van der Waals surface area contributed by atoms with E-state index in [1.165, 1.54) is 12.8 Å². The van der Waals surface area contributed by atoms with Crippen LogP contribution in [0.15, 0.2) is 18.2 Å². The number of hydrogen-bond donors (Lipinski definition) is 1. The normalized spacial score (nSPS) is 20.7. The van der Waals surface area contributed by atoms with Gasteiger partial charge in [-0.15, -0.1) is 0 Å². The van der Waals surface area contributed by atoms with Crippen molar-refractivity contribution in [1.82, 2.24) is 4.90 Å². The number of nitrogens with two attached hydrogens (primary N) is 1. The van der Waals surface area contributed by atoms with Crippen molar-refractivity contribution in [2.24, 2.45) is 11.7 Å². The van der Waals surface area contributed by atoms with Gasteiger partial charge < -0.3 is 24.8 Å². The Bertz CT molecular complexity index is 473. The van der Waals surface area contributed by atoms with Crippen molar-refractivity contribution in [2.45, 2.75) is 18.9 Å². The predicted octanol–water partition coefficient (Wildman–Crippen LogP) is 1.77. The third kappa shape index (κ3) is 3.48. The van der Waals surface area contributed by atoms with Gasteiger partial charge in [-0.3, -0.25) is 0 Å². The second-order valence-electron chi connectivity index (χ2n) is 5.92.